The summed E-state index contributed by atoms with van der Waals surface area (Å²) in [7, 11) is 1.50. The molecule has 0 radical (unpaired) electrons. The highest BCUT2D eigenvalue weighted by Crippen LogP contribution is 2.39. The van der Waals surface area contributed by atoms with Gasteiger partial charge in [-0.25, -0.2) is 0 Å². The lowest BCUT2D eigenvalue weighted by Gasteiger charge is -2.28. The molecule has 0 bridgehead atoms. The number of carbonyl (C=O) groups is 3. The average molecular weight is 503 g/mol. The van der Waals surface area contributed by atoms with E-state index in [1.165, 1.54) is 7.11 Å². The van der Waals surface area contributed by atoms with Crippen LogP contribution in [0.3, 0.4) is 0 Å². The SMILES string of the molecule is COc1cc(/C=C2\SC(=O)N(CC(=O)N3CCOCC3)C2=O)cc(Cl)c1OCc1ccccc1. The van der Waals surface area contributed by atoms with Crippen molar-refractivity contribution in [3.8, 4) is 11.5 Å². The second kappa shape index (κ2) is 10.9. The first-order valence-electron chi connectivity index (χ1n) is 10.6. The van der Waals surface area contributed by atoms with Gasteiger partial charge in [0.25, 0.3) is 11.1 Å². The summed E-state index contributed by atoms with van der Waals surface area (Å²) in [6.45, 7) is 1.80. The molecule has 34 heavy (non-hydrogen) atoms. The standard InChI is InChI=1S/C24H23ClN2O6S/c1-31-19-12-17(11-18(25)22(19)33-15-16-5-3-2-4-6-16)13-20-23(29)27(24(30)34-20)14-21(28)26-7-9-32-10-8-26/h2-6,11-13H,7-10,14-15H2,1H3/b20-13-. The first-order chi connectivity index (χ1) is 16.5. The Kier molecular flexibility index (Phi) is 7.77. The van der Waals surface area contributed by atoms with E-state index in [0.717, 1.165) is 22.2 Å². The van der Waals surface area contributed by atoms with Crippen LogP contribution in [0.1, 0.15) is 11.1 Å². The van der Waals surface area contributed by atoms with E-state index in [1.807, 2.05) is 30.3 Å². The largest absolute Gasteiger partial charge is 0.493 e. The van der Waals surface area contributed by atoms with Gasteiger partial charge < -0.3 is 19.1 Å². The fourth-order valence-electron chi connectivity index (χ4n) is 3.53. The van der Waals surface area contributed by atoms with E-state index in [0.29, 0.717) is 55.0 Å². The van der Waals surface area contributed by atoms with E-state index in [1.54, 1.807) is 23.1 Å². The molecule has 0 N–H and O–H groups in total. The zero-order valence-electron chi connectivity index (χ0n) is 18.5. The number of imide groups is 1. The predicted octanol–water partition coefficient (Wildman–Crippen LogP) is 3.82. The van der Waals surface area contributed by atoms with E-state index < -0.39 is 11.1 Å². The number of hydrogen-bond acceptors (Lipinski definition) is 7. The fraction of sp³-hybridized carbons (Fsp3) is 0.292. The number of methoxy groups -OCH3 is 1. The van der Waals surface area contributed by atoms with Crippen LogP contribution in [0.5, 0.6) is 11.5 Å². The minimum Gasteiger partial charge on any atom is -0.493 e. The number of carbonyl (C=O) groups excluding carboxylic acids is 3. The van der Waals surface area contributed by atoms with Crippen molar-refractivity contribution < 1.29 is 28.6 Å². The number of morpholine rings is 1. The fourth-order valence-corrected chi connectivity index (χ4v) is 4.64. The molecular formula is C24H23ClN2O6S. The molecule has 10 heteroatoms. The molecule has 2 aliphatic heterocycles. The Labute approximate surface area is 206 Å². The molecule has 2 fully saturated rings. The van der Waals surface area contributed by atoms with Crippen LogP contribution in [0.4, 0.5) is 4.79 Å². The van der Waals surface area contributed by atoms with Gasteiger partial charge in [-0.3, -0.25) is 19.3 Å². The van der Waals surface area contributed by atoms with Crippen molar-refractivity contribution in [2.75, 3.05) is 40.0 Å². The zero-order chi connectivity index (χ0) is 24.1. The van der Waals surface area contributed by atoms with Gasteiger partial charge >= 0.3 is 0 Å². The number of thioether (sulfide) groups is 1. The smallest absolute Gasteiger partial charge is 0.294 e. The molecule has 4 rings (SSSR count). The highest BCUT2D eigenvalue weighted by atomic mass is 35.5. The number of amides is 3. The van der Waals surface area contributed by atoms with Crippen molar-refractivity contribution in [2.24, 2.45) is 0 Å². The number of hydrogen-bond donors (Lipinski definition) is 0. The molecule has 178 valence electrons. The average Bonchev–Trinajstić information content (AvgIpc) is 3.11. The van der Waals surface area contributed by atoms with Crippen molar-refractivity contribution in [1.82, 2.24) is 9.80 Å². The molecule has 2 saturated heterocycles. The van der Waals surface area contributed by atoms with Crippen molar-refractivity contribution in [2.45, 2.75) is 6.61 Å². The molecule has 2 heterocycles. The van der Waals surface area contributed by atoms with E-state index in [2.05, 4.69) is 0 Å². The molecule has 3 amide bonds. The molecule has 0 spiro atoms. The van der Waals surface area contributed by atoms with Crippen LogP contribution in [0, 0.1) is 0 Å². The van der Waals surface area contributed by atoms with Crippen LogP contribution < -0.4 is 9.47 Å². The first kappa shape index (κ1) is 24.1. The summed E-state index contributed by atoms with van der Waals surface area (Å²) in [5, 5.41) is -0.179. The molecule has 2 aromatic rings. The molecular weight excluding hydrogens is 480 g/mol. The Morgan fingerprint density at radius 3 is 2.62 bits per heavy atom. The molecule has 0 atom stereocenters. The summed E-state index contributed by atoms with van der Waals surface area (Å²) in [6.07, 6.45) is 1.56. The highest BCUT2D eigenvalue weighted by Gasteiger charge is 2.37. The normalized spacial score (nSPS) is 17.4. The number of nitrogens with zero attached hydrogens (tertiary/aromatic N) is 2. The summed E-state index contributed by atoms with van der Waals surface area (Å²) in [5.41, 5.74) is 1.55. The molecule has 0 aliphatic carbocycles. The van der Waals surface area contributed by atoms with Gasteiger partial charge in [-0.05, 0) is 41.1 Å². The summed E-state index contributed by atoms with van der Waals surface area (Å²) >= 11 is 7.23. The van der Waals surface area contributed by atoms with Crippen LogP contribution >= 0.6 is 23.4 Å². The zero-order valence-corrected chi connectivity index (χ0v) is 20.1. The Hall–Kier alpha value is -3.01. The van der Waals surface area contributed by atoms with Gasteiger partial charge in [0.2, 0.25) is 5.91 Å². The second-order valence-corrected chi connectivity index (χ2v) is 8.97. The monoisotopic (exact) mass is 502 g/mol. The molecule has 2 aliphatic rings. The van der Waals surface area contributed by atoms with Crippen LogP contribution in [0.2, 0.25) is 5.02 Å². The Morgan fingerprint density at radius 1 is 1.18 bits per heavy atom. The molecule has 0 unspecified atom stereocenters. The molecule has 0 saturated carbocycles. The van der Waals surface area contributed by atoms with Crippen LogP contribution in [0.25, 0.3) is 6.08 Å². The first-order valence-corrected chi connectivity index (χ1v) is 11.8. The van der Waals surface area contributed by atoms with Crippen LogP contribution in [-0.2, 0) is 20.9 Å². The molecule has 8 nitrogen and oxygen atoms in total. The minimum atomic E-state index is -0.517. The van der Waals surface area contributed by atoms with Gasteiger partial charge in [0.05, 0.1) is 30.3 Å². The summed E-state index contributed by atoms with van der Waals surface area (Å²) < 4.78 is 16.5. The van der Waals surface area contributed by atoms with E-state index >= 15 is 0 Å². The summed E-state index contributed by atoms with van der Waals surface area (Å²) in [4.78, 5) is 40.5. The lowest BCUT2D eigenvalue weighted by Crippen LogP contribution is -2.46. The summed E-state index contributed by atoms with van der Waals surface area (Å²) in [5.74, 6) is -0.0154. The van der Waals surface area contributed by atoms with E-state index in [-0.39, 0.29) is 17.4 Å². The number of halogens is 1. The van der Waals surface area contributed by atoms with E-state index in [4.69, 9.17) is 25.8 Å². The quantitative estimate of drug-likeness (QED) is 0.532. The third-order valence-electron chi connectivity index (χ3n) is 5.31. The number of benzene rings is 2. The third kappa shape index (κ3) is 5.55. The number of ether oxygens (including phenoxy) is 3. The van der Waals surface area contributed by atoms with Crippen LogP contribution in [-0.4, -0.2) is 66.8 Å². The topological polar surface area (TPSA) is 85.4 Å². The summed E-state index contributed by atoms with van der Waals surface area (Å²) in [6, 6.07) is 13.0. The maximum Gasteiger partial charge on any atom is 0.294 e. The van der Waals surface area contributed by atoms with Gasteiger partial charge in [0.1, 0.15) is 13.2 Å². The number of rotatable bonds is 7. The van der Waals surface area contributed by atoms with Crippen molar-refractivity contribution in [1.29, 1.82) is 0 Å². The van der Waals surface area contributed by atoms with E-state index in [9.17, 15) is 14.4 Å². The van der Waals surface area contributed by atoms with Gasteiger partial charge in [-0.1, -0.05) is 41.9 Å². The third-order valence-corrected chi connectivity index (χ3v) is 6.49. The van der Waals surface area contributed by atoms with Crippen molar-refractivity contribution in [3.05, 3.63) is 63.5 Å². The van der Waals surface area contributed by atoms with Gasteiger partial charge in [0, 0.05) is 13.1 Å². The second-order valence-electron chi connectivity index (χ2n) is 7.57. The highest BCUT2D eigenvalue weighted by molar-refractivity contribution is 8.18. The molecule has 0 aromatic heterocycles. The van der Waals surface area contributed by atoms with Gasteiger partial charge in [0.15, 0.2) is 11.5 Å². The predicted molar refractivity (Wildman–Crippen MR) is 129 cm³/mol. The van der Waals surface area contributed by atoms with Gasteiger partial charge in [-0.2, -0.15) is 0 Å². The van der Waals surface area contributed by atoms with Crippen molar-refractivity contribution >= 4 is 46.5 Å². The Bertz CT molecular complexity index is 1120. The maximum absolute atomic E-state index is 12.8. The lowest BCUT2D eigenvalue weighted by molar-refractivity contribution is -0.139. The van der Waals surface area contributed by atoms with Gasteiger partial charge in [-0.15, -0.1) is 0 Å². The minimum absolute atomic E-state index is 0.204. The Balaban J connectivity index is 1.48. The van der Waals surface area contributed by atoms with Crippen LogP contribution in [0.15, 0.2) is 47.4 Å². The van der Waals surface area contributed by atoms with Crippen molar-refractivity contribution in [3.63, 3.8) is 0 Å². The lowest BCUT2D eigenvalue weighted by atomic mass is 10.1. The molecule has 2 aromatic carbocycles. The Morgan fingerprint density at radius 2 is 1.91 bits per heavy atom. The maximum atomic E-state index is 12.8.